The summed E-state index contributed by atoms with van der Waals surface area (Å²) in [4.78, 5) is 2.25. The Morgan fingerprint density at radius 2 is 2.04 bits per heavy atom. The van der Waals surface area contributed by atoms with Crippen LogP contribution in [0.2, 0.25) is 0 Å². The normalized spacial score (nSPS) is 19.5. The van der Waals surface area contributed by atoms with E-state index in [-0.39, 0.29) is 5.82 Å². The van der Waals surface area contributed by atoms with E-state index in [1.54, 1.807) is 12.1 Å². The largest absolute Gasteiger partial charge is 0.346 e. The minimum Gasteiger partial charge on any atom is -0.346 e. The van der Waals surface area contributed by atoms with Gasteiger partial charge in [-0.2, -0.15) is 0 Å². The zero-order valence-electron chi connectivity index (χ0n) is 14.6. The summed E-state index contributed by atoms with van der Waals surface area (Å²) in [7, 11) is 0. The van der Waals surface area contributed by atoms with Crippen LogP contribution in [-0.2, 0) is 13.0 Å². The van der Waals surface area contributed by atoms with Crippen molar-refractivity contribution in [1.82, 2.24) is 25.0 Å². The van der Waals surface area contributed by atoms with Gasteiger partial charge in [0.05, 0.1) is 0 Å². The van der Waals surface area contributed by atoms with Crippen LogP contribution in [-0.4, -0.2) is 38.1 Å². The summed E-state index contributed by atoms with van der Waals surface area (Å²) in [5, 5.41) is 18.9. The Hall–Kier alpha value is -1.87. The van der Waals surface area contributed by atoms with E-state index in [1.165, 1.54) is 17.4 Å². The monoisotopic (exact) mass is 448 g/mol. The molecule has 0 aliphatic carbocycles. The molecule has 1 fully saturated rings. The van der Waals surface area contributed by atoms with Crippen molar-refractivity contribution >= 4 is 32.4 Å². The molecule has 2 aromatic heterocycles. The Bertz CT molecular complexity index is 986. The molecule has 9 heteroatoms. The smallest absolute Gasteiger partial charge is 0.208 e. The van der Waals surface area contributed by atoms with Crippen molar-refractivity contribution in [2.75, 3.05) is 18.0 Å². The minimum absolute atomic E-state index is 0.281. The third kappa shape index (κ3) is 3.16. The summed E-state index contributed by atoms with van der Waals surface area (Å²) in [5.41, 5.74) is 0.483. The zero-order valence-corrected chi connectivity index (χ0v) is 17.0. The van der Waals surface area contributed by atoms with Gasteiger partial charge >= 0.3 is 0 Å². The van der Waals surface area contributed by atoms with Gasteiger partial charge in [0.2, 0.25) is 5.13 Å². The maximum Gasteiger partial charge on any atom is 0.208 e. The molecule has 1 atom stereocenters. The maximum absolute atomic E-state index is 14.2. The average molecular weight is 449 g/mol. The highest BCUT2D eigenvalue weighted by Crippen LogP contribution is 2.35. The highest BCUT2D eigenvalue weighted by atomic mass is 79.9. The van der Waals surface area contributed by atoms with Gasteiger partial charge in [0.15, 0.2) is 5.01 Å². The molecule has 1 saturated heterocycles. The van der Waals surface area contributed by atoms with E-state index in [0.29, 0.717) is 16.5 Å². The summed E-state index contributed by atoms with van der Waals surface area (Å²) < 4.78 is 17.3. The SMILES string of the molecule is Fc1ccc(Br)cc1-c1nnc(N2CCCC(c3nnc4n3CCC4)C2)s1. The molecule has 0 amide bonds. The third-order valence-electron chi connectivity index (χ3n) is 5.27. The van der Waals surface area contributed by atoms with E-state index in [4.69, 9.17) is 0 Å². The molecule has 27 heavy (non-hydrogen) atoms. The van der Waals surface area contributed by atoms with Crippen molar-refractivity contribution < 1.29 is 4.39 Å². The van der Waals surface area contributed by atoms with Crippen molar-refractivity contribution in [3.8, 4) is 10.6 Å². The Morgan fingerprint density at radius 1 is 1.11 bits per heavy atom. The van der Waals surface area contributed by atoms with Crippen molar-refractivity contribution in [3.05, 3.63) is 40.1 Å². The third-order valence-corrected chi connectivity index (χ3v) is 6.78. The number of aryl methyl sites for hydroxylation is 1. The molecule has 0 radical (unpaired) electrons. The average Bonchev–Trinajstić information content (AvgIpc) is 3.40. The lowest BCUT2D eigenvalue weighted by Gasteiger charge is -2.31. The van der Waals surface area contributed by atoms with E-state index in [9.17, 15) is 4.39 Å². The number of hydrogen-bond donors (Lipinski definition) is 0. The first-order valence-corrected chi connectivity index (χ1v) is 10.8. The van der Waals surface area contributed by atoms with Crippen LogP contribution in [0.15, 0.2) is 22.7 Å². The fourth-order valence-corrected chi connectivity index (χ4v) is 5.21. The number of aromatic nitrogens is 5. The molecule has 2 aliphatic heterocycles. The van der Waals surface area contributed by atoms with E-state index < -0.39 is 0 Å². The number of rotatable bonds is 3. The first kappa shape index (κ1) is 17.2. The molecule has 0 bridgehead atoms. The molecule has 4 heterocycles. The Morgan fingerprint density at radius 3 is 2.96 bits per heavy atom. The van der Waals surface area contributed by atoms with Crippen LogP contribution in [0.4, 0.5) is 9.52 Å². The first-order chi connectivity index (χ1) is 13.2. The molecule has 3 aromatic rings. The molecule has 0 saturated carbocycles. The predicted octanol–water partition coefficient (Wildman–Crippen LogP) is 4.03. The zero-order chi connectivity index (χ0) is 18.4. The van der Waals surface area contributed by atoms with Gasteiger partial charge in [0, 0.05) is 42.0 Å². The molecule has 140 valence electrons. The van der Waals surface area contributed by atoms with Gasteiger partial charge in [-0.1, -0.05) is 27.3 Å². The summed E-state index contributed by atoms with van der Waals surface area (Å²) in [6.45, 7) is 2.82. The number of anilines is 1. The number of fused-ring (bicyclic) bond motifs is 1. The fourth-order valence-electron chi connectivity index (χ4n) is 3.95. The van der Waals surface area contributed by atoms with Crippen molar-refractivity contribution in [2.24, 2.45) is 0 Å². The molecule has 0 spiro atoms. The predicted molar refractivity (Wildman–Crippen MR) is 106 cm³/mol. The van der Waals surface area contributed by atoms with Gasteiger partial charge in [-0.05, 0) is 37.5 Å². The number of piperidine rings is 1. The van der Waals surface area contributed by atoms with Gasteiger partial charge in [-0.3, -0.25) is 0 Å². The van der Waals surface area contributed by atoms with Crippen molar-refractivity contribution in [2.45, 2.75) is 38.1 Å². The van der Waals surface area contributed by atoms with E-state index in [0.717, 1.165) is 66.6 Å². The second kappa shape index (κ2) is 6.94. The molecule has 1 aromatic carbocycles. The summed E-state index contributed by atoms with van der Waals surface area (Å²) in [6, 6.07) is 4.88. The van der Waals surface area contributed by atoms with Crippen LogP contribution in [0.25, 0.3) is 10.6 Å². The van der Waals surface area contributed by atoms with Crippen LogP contribution >= 0.6 is 27.3 Å². The van der Waals surface area contributed by atoms with Gasteiger partial charge in [-0.15, -0.1) is 20.4 Å². The van der Waals surface area contributed by atoms with E-state index >= 15 is 0 Å². The Labute approximate surface area is 168 Å². The standard InChI is InChI=1S/C18H18BrFN6S/c19-12-5-6-14(20)13(9-12)17-23-24-18(27-17)25-7-1-3-11(10-25)16-22-21-15-4-2-8-26(15)16/h5-6,9,11H,1-4,7-8,10H2. The molecule has 2 aliphatic rings. The first-order valence-electron chi connectivity index (χ1n) is 9.15. The second-order valence-electron chi connectivity index (χ2n) is 7.03. The van der Waals surface area contributed by atoms with Crippen LogP contribution in [0.3, 0.4) is 0 Å². The topological polar surface area (TPSA) is 59.7 Å². The van der Waals surface area contributed by atoms with Crippen LogP contribution in [0.1, 0.15) is 36.8 Å². The highest BCUT2D eigenvalue weighted by Gasteiger charge is 2.29. The van der Waals surface area contributed by atoms with Crippen LogP contribution in [0.5, 0.6) is 0 Å². The fraction of sp³-hybridized carbons (Fsp3) is 0.444. The molecule has 0 N–H and O–H groups in total. The maximum atomic E-state index is 14.2. The lowest BCUT2D eigenvalue weighted by molar-refractivity contribution is 0.472. The van der Waals surface area contributed by atoms with Crippen molar-refractivity contribution in [1.29, 1.82) is 0 Å². The van der Waals surface area contributed by atoms with Crippen molar-refractivity contribution in [3.63, 3.8) is 0 Å². The second-order valence-corrected chi connectivity index (χ2v) is 8.90. The van der Waals surface area contributed by atoms with Crippen LogP contribution in [0, 0.1) is 5.82 Å². The quantitative estimate of drug-likeness (QED) is 0.605. The summed E-state index contributed by atoms with van der Waals surface area (Å²) >= 11 is 4.84. The van der Waals surface area contributed by atoms with Gasteiger partial charge in [0.1, 0.15) is 17.5 Å². The number of nitrogens with zero attached hydrogens (tertiary/aromatic N) is 6. The lowest BCUT2D eigenvalue weighted by Crippen LogP contribution is -2.35. The molecular weight excluding hydrogens is 431 g/mol. The number of halogens is 2. The molecule has 5 rings (SSSR count). The Balaban J connectivity index is 1.39. The van der Waals surface area contributed by atoms with Crippen LogP contribution < -0.4 is 4.90 Å². The van der Waals surface area contributed by atoms with E-state index in [1.807, 2.05) is 0 Å². The van der Waals surface area contributed by atoms with Gasteiger partial charge in [0.25, 0.3) is 0 Å². The lowest BCUT2D eigenvalue weighted by atomic mass is 9.97. The summed E-state index contributed by atoms with van der Waals surface area (Å²) in [6.07, 6.45) is 4.38. The molecular formula is C18H18BrFN6S. The molecule has 6 nitrogen and oxygen atoms in total. The number of benzene rings is 1. The molecule has 1 unspecified atom stereocenters. The Kier molecular flexibility index (Phi) is 4.43. The summed E-state index contributed by atoms with van der Waals surface area (Å²) in [5.74, 6) is 2.30. The van der Waals surface area contributed by atoms with E-state index in [2.05, 4.69) is 45.8 Å². The number of hydrogen-bond acceptors (Lipinski definition) is 6. The highest BCUT2D eigenvalue weighted by molar-refractivity contribution is 9.10. The van der Waals surface area contributed by atoms with Gasteiger partial charge < -0.3 is 9.47 Å². The van der Waals surface area contributed by atoms with Gasteiger partial charge in [-0.25, -0.2) is 4.39 Å². The minimum atomic E-state index is -0.281.